The lowest BCUT2D eigenvalue weighted by Crippen LogP contribution is -1.92. The zero-order valence-electron chi connectivity index (χ0n) is 8.87. The summed E-state index contributed by atoms with van der Waals surface area (Å²) in [5.74, 6) is 0.875. The van der Waals surface area contributed by atoms with Crippen molar-refractivity contribution >= 4 is 0 Å². The molecule has 17 heavy (non-hydrogen) atoms. The molecule has 0 unspecified atom stereocenters. The number of ether oxygens (including phenoxy) is 1. The number of aromatic nitrogens is 2. The molecule has 1 aromatic heterocycles. The molecule has 0 saturated carbocycles. The molecule has 0 amide bonds. The Morgan fingerprint density at radius 1 is 1.29 bits per heavy atom. The van der Waals surface area contributed by atoms with E-state index in [1.54, 1.807) is 18.2 Å². The van der Waals surface area contributed by atoms with Crippen LogP contribution in [0.5, 0.6) is 11.5 Å². The molecule has 0 radical (unpaired) electrons. The molecule has 0 spiro atoms. The molecule has 2 aromatic rings. The van der Waals surface area contributed by atoms with E-state index in [4.69, 9.17) is 15.1 Å². The fourth-order valence-electron chi connectivity index (χ4n) is 1.32. The molecule has 0 bridgehead atoms. The van der Waals surface area contributed by atoms with Crippen molar-refractivity contribution in [3.05, 3.63) is 48.0 Å². The van der Waals surface area contributed by atoms with E-state index in [9.17, 15) is 0 Å². The highest BCUT2D eigenvalue weighted by molar-refractivity contribution is 5.46. The molecular formula is C12H9N3O2. The van der Waals surface area contributed by atoms with Gasteiger partial charge in [0.2, 0.25) is 0 Å². The SMILES string of the molecule is N#Cc1cc(CO)ccc1Oc1cncnc1. The maximum Gasteiger partial charge on any atom is 0.164 e. The van der Waals surface area contributed by atoms with Crippen LogP contribution in [0.25, 0.3) is 0 Å². The highest BCUT2D eigenvalue weighted by atomic mass is 16.5. The van der Waals surface area contributed by atoms with Crippen molar-refractivity contribution in [2.24, 2.45) is 0 Å². The molecule has 0 saturated heterocycles. The molecule has 0 aliphatic heterocycles. The number of nitrogens with zero attached hydrogens (tertiary/aromatic N) is 3. The Morgan fingerprint density at radius 3 is 2.71 bits per heavy atom. The Hall–Kier alpha value is -2.45. The predicted octanol–water partition coefficient (Wildman–Crippen LogP) is 1.63. The standard InChI is InChI=1S/C12H9N3O2/c13-4-10-3-9(7-16)1-2-12(10)17-11-5-14-8-15-6-11/h1-3,5-6,8,16H,7H2. The summed E-state index contributed by atoms with van der Waals surface area (Å²) >= 11 is 0. The van der Waals surface area contributed by atoms with E-state index in [0.29, 0.717) is 22.6 Å². The minimum atomic E-state index is -0.108. The van der Waals surface area contributed by atoms with Crippen LogP contribution in [-0.2, 0) is 6.61 Å². The van der Waals surface area contributed by atoms with Crippen molar-refractivity contribution in [3.63, 3.8) is 0 Å². The summed E-state index contributed by atoms with van der Waals surface area (Å²) in [5.41, 5.74) is 1.03. The van der Waals surface area contributed by atoms with Crippen molar-refractivity contribution in [1.82, 2.24) is 9.97 Å². The van der Waals surface area contributed by atoms with Gasteiger partial charge in [-0.25, -0.2) is 9.97 Å². The second-order valence-corrected chi connectivity index (χ2v) is 3.28. The largest absolute Gasteiger partial charge is 0.453 e. The van der Waals surface area contributed by atoms with Crippen molar-refractivity contribution in [2.45, 2.75) is 6.61 Å². The van der Waals surface area contributed by atoms with Crippen molar-refractivity contribution < 1.29 is 9.84 Å². The Morgan fingerprint density at radius 2 is 2.06 bits per heavy atom. The zero-order chi connectivity index (χ0) is 12.1. The molecule has 0 fully saturated rings. The fourth-order valence-corrected chi connectivity index (χ4v) is 1.32. The van der Waals surface area contributed by atoms with Gasteiger partial charge in [0.05, 0.1) is 24.6 Å². The number of aliphatic hydroxyl groups excluding tert-OH is 1. The summed E-state index contributed by atoms with van der Waals surface area (Å²) < 4.78 is 5.47. The highest BCUT2D eigenvalue weighted by Gasteiger charge is 2.06. The van der Waals surface area contributed by atoms with E-state index < -0.39 is 0 Å². The van der Waals surface area contributed by atoms with Gasteiger partial charge in [-0.05, 0) is 17.7 Å². The van der Waals surface area contributed by atoms with Crippen LogP contribution >= 0.6 is 0 Å². The smallest absolute Gasteiger partial charge is 0.164 e. The monoisotopic (exact) mass is 227 g/mol. The number of benzene rings is 1. The molecule has 1 N–H and O–H groups in total. The van der Waals surface area contributed by atoms with Gasteiger partial charge in [0.25, 0.3) is 0 Å². The Balaban J connectivity index is 2.31. The van der Waals surface area contributed by atoms with E-state index in [2.05, 4.69) is 9.97 Å². The number of hydrogen-bond acceptors (Lipinski definition) is 5. The Kier molecular flexibility index (Phi) is 3.28. The summed E-state index contributed by atoms with van der Waals surface area (Å²) in [6.07, 6.45) is 4.41. The van der Waals surface area contributed by atoms with E-state index in [-0.39, 0.29) is 6.61 Å². The van der Waals surface area contributed by atoms with Crippen molar-refractivity contribution in [1.29, 1.82) is 5.26 Å². The van der Waals surface area contributed by atoms with Crippen molar-refractivity contribution in [2.75, 3.05) is 0 Å². The maximum atomic E-state index is 8.97. The van der Waals surface area contributed by atoms with Crippen LogP contribution in [0.2, 0.25) is 0 Å². The van der Waals surface area contributed by atoms with Crippen LogP contribution in [0.15, 0.2) is 36.9 Å². The first kappa shape index (κ1) is 11.0. The van der Waals surface area contributed by atoms with Gasteiger partial charge in [-0.2, -0.15) is 5.26 Å². The van der Waals surface area contributed by atoms with Crippen LogP contribution in [0.4, 0.5) is 0 Å². The summed E-state index contributed by atoms with van der Waals surface area (Å²) in [5, 5.41) is 17.9. The lowest BCUT2D eigenvalue weighted by atomic mass is 10.1. The molecule has 1 aromatic carbocycles. The van der Waals surface area contributed by atoms with E-state index in [0.717, 1.165) is 0 Å². The van der Waals surface area contributed by atoms with Gasteiger partial charge in [0.1, 0.15) is 18.1 Å². The first-order valence-corrected chi connectivity index (χ1v) is 4.90. The lowest BCUT2D eigenvalue weighted by Gasteiger charge is -2.07. The number of aliphatic hydroxyl groups is 1. The average molecular weight is 227 g/mol. The topological polar surface area (TPSA) is 79.0 Å². The Labute approximate surface area is 98.0 Å². The molecule has 5 nitrogen and oxygen atoms in total. The second-order valence-electron chi connectivity index (χ2n) is 3.28. The lowest BCUT2D eigenvalue weighted by molar-refractivity contribution is 0.281. The molecule has 84 valence electrons. The van der Waals surface area contributed by atoms with Crippen LogP contribution < -0.4 is 4.74 Å². The molecule has 2 rings (SSSR count). The minimum absolute atomic E-state index is 0.108. The van der Waals surface area contributed by atoms with E-state index >= 15 is 0 Å². The van der Waals surface area contributed by atoms with Gasteiger partial charge in [-0.1, -0.05) is 6.07 Å². The number of hydrogen-bond donors (Lipinski definition) is 1. The summed E-state index contributed by atoms with van der Waals surface area (Å²) in [6, 6.07) is 6.93. The van der Waals surface area contributed by atoms with Crippen LogP contribution in [0.3, 0.4) is 0 Å². The second kappa shape index (κ2) is 5.05. The molecule has 0 aliphatic rings. The third kappa shape index (κ3) is 2.56. The first-order chi connectivity index (χ1) is 8.33. The third-order valence-corrected chi connectivity index (χ3v) is 2.11. The molecular weight excluding hydrogens is 218 g/mol. The van der Waals surface area contributed by atoms with Crippen molar-refractivity contribution in [3.8, 4) is 17.6 Å². The number of rotatable bonds is 3. The van der Waals surface area contributed by atoms with E-state index in [1.807, 2.05) is 6.07 Å². The van der Waals surface area contributed by atoms with Gasteiger partial charge in [-0.15, -0.1) is 0 Å². The molecule has 1 heterocycles. The quantitative estimate of drug-likeness (QED) is 0.862. The first-order valence-electron chi connectivity index (χ1n) is 4.90. The fraction of sp³-hybridized carbons (Fsp3) is 0.0833. The molecule has 5 heteroatoms. The third-order valence-electron chi connectivity index (χ3n) is 2.11. The van der Waals surface area contributed by atoms with Gasteiger partial charge in [-0.3, -0.25) is 0 Å². The summed E-state index contributed by atoms with van der Waals surface area (Å²) in [4.78, 5) is 7.62. The van der Waals surface area contributed by atoms with E-state index in [1.165, 1.54) is 18.7 Å². The maximum absolute atomic E-state index is 8.97. The zero-order valence-corrected chi connectivity index (χ0v) is 8.87. The minimum Gasteiger partial charge on any atom is -0.453 e. The summed E-state index contributed by atoms with van der Waals surface area (Å²) in [6.45, 7) is -0.108. The predicted molar refractivity (Wildman–Crippen MR) is 59.2 cm³/mol. The van der Waals surface area contributed by atoms with Gasteiger partial charge >= 0.3 is 0 Å². The van der Waals surface area contributed by atoms with Gasteiger partial charge < -0.3 is 9.84 Å². The molecule has 0 aliphatic carbocycles. The van der Waals surface area contributed by atoms with Gasteiger partial charge in [0, 0.05) is 0 Å². The van der Waals surface area contributed by atoms with Crippen LogP contribution in [0.1, 0.15) is 11.1 Å². The van der Waals surface area contributed by atoms with Crippen LogP contribution in [-0.4, -0.2) is 15.1 Å². The van der Waals surface area contributed by atoms with Crippen LogP contribution in [0, 0.1) is 11.3 Å². The molecule has 0 atom stereocenters. The summed E-state index contributed by atoms with van der Waals surface area (Å²) in [7, 11) is 0. The van der Waals surface area contributed by atoms with Gasteiger partial charge in [0.15, 0.2) is 5.75 Å². The Bertz CT molecular complexity index is 549. The average Bonchev–Trinajstić information content (AvgIpc) is 2.40. The highest BCUT2D eigenvalue weighted by Crippen LogP contribution is 2.24. The normalized spacial score (nSPS) is 9.65. The number of nitriles is 1.